The first-order chi connectivity index (χ1) is 7.03. The number of hydrogen-bond acceptors (Lipinski definition) is 4. The van der Waals surface area contributed by atoms with Gasteiger partial charge in [-0.05, 0) is 18.1 Å². The molecule has 0 aromatic heterocycles. The summed E-state index contributed by atoms with van der Waals surface area (Å²) in [6.45, 7) is 8.83. The van der Waals surface area contributed by atoms with Crippen molar-refractivity contribution in [3.05, 3.63) is 0 Å². The van der Waals surface area contributed by atoms with E-state index in [1.165, 1.54) is 12.2 Å². The molecule has 0 saturated heterocycles. The Bertz CT molecular complexity index is 227. The number of amidine groups is 1. The minimum Gasteiger partial charge on any atom is -0.365 e. The molecule has 1 aliphatic heterocycles. The normalized spacial score (nSPS) is 22.0. The van der Waals surface area contributed by atoms with E-state index in [1.807, 2.05) is 23.5 Å². The van der Waals surface area contributed by atoms with Crippen LogP contribution in [0.25, 0.3) is 0 Å². The van der Waals surface area contributed by atoms with E-state index in [2.05, 4.69) is 37.3 Å². The quantitative estimate of drug-likeness (QED) is 0.825. The molecule has 1 aliphatic rings. The van der Waals surface area contributed by atoms with Gasteiger partial charge in [0.05, 0.1) is 0 Å². The Labute approximate surface area is 102 Å². The monoisotopic (exact) mass is 246 g/mol. The third-order valence-electron chi connectivity index (χ3n) is 2.48. The molecule has 1 N–H and O–H groups in total. The molecule has 0 saturated carbocycles. The van der Waals surface area contributed by atoms with Crippen molar-refractivity contribution in [2.24, 2.45) is 10.4 Å². The minimum absolute atomic E-state index is 0.377. The van der Waals surface area contributed by atoms with Crippen molar-refractivity contribution in [1.29, 1.82) is 0 Å². The van der Waals surface area contributed by atoms with Crippen LogP contribution in [0.4, 0.5) is 0 Å². The summed E-state index contributed by atoms with van der Waals surface area (Å²) in [5.74, 6) is 1.18. The number of nitrogens with one attached hydrogen (secondary N) is 1. The Kier molecular flexibility index (Phi) is 5.33. The number of thioether (sulfide) groups is 2. The van der Waals surface area contributed by atoms with E-state index in [1.54, 1.807) is 0 Å². The summed E-state index contributed by atoms with van der Waals surface area (Å²) in [6.07, 6.45) is 3.38. The SMILES string of the molecule is CSC(C)CCNC1=NCC(C)(C)CS1. The fourth-order valence-corrected chi connectivity index (χ4v) is 2.58. The van der Waals surface area contributed by atoms with Gasteiger partial charge in [0.1, 0.15) is 0 Å². The maximum atomic E-state index is 4.57. The molecule has 0 radical (unpaired) electrons. The number of hydrogen-bond donors (Lipinski definition) is 1. The van der Waals surface area contributed by atoms with E-state index in [0.29, 0.717) is 5.41 Å². The molecule has 1 unspecified atom stereocenters. The predicted octanol–water partition coefficient (Wildman–Crippen LogP) is 2.85. The van der Waals surface area contributed by atoms with Crippen LogP contribution in [0.2, 0.25) is 0 Å². The van der Waals surface area contributed by atoms with Gasteiger partial charge in [-0.25, -0.2) is 0 Å². The summed E-state index contributed by atoms with van der Waals surface area (Å²) < 4.78 is 0. The lowest BCUT2D eigenvalue weighted by molar-refractivity contribution is 0.436. The molecular weight excluding hydrogens is 224 g/mol. The summed E-state index contributed by atoms with van der Waals surface area (Å²) >= 11 is 3.79. The molecule has 0 bridgehead atoms. The maximum Gasteiger partial charge on any atom is 0.156 e. The smallest absolute Gasteiger partial charge is 0.156 e. The van der Waals surface area contributed by atoms with Crippen molar-refractivity contribution in [1.82, 2.24) is 5.32 Å². The van der Waals surface area contributed by atoms with Crippen LogP contribution in [0.5, 0.6) is 0 Å². The van der Waals surface area contributed by atoms with Crippen LogP contribution in [0.1, 0.15) is 27.2 Å². The predicted molar refractivity (Wildman–Crippen MR) is 74.1 cm³/mol. The Hall–Kier alpha value is 0.170. The van der Waals surface area contributed by atoms with Gasteiger partial charge in [-0.3, -0.25) is 4.99 Å². The molecule has 4 heteroatoms. The van der Waals surface area contributed by atoms with Crippen molar-refractivity contribution in [2.75, 3.05) is 25.1 Å². The molecule has 0 aromatic carbocycles. The highest BCUT2D eigenvalue weighted by atomic mass is 32.2. The van der Waals surface area contributed by atoms with Crippen molar-refractivity contribution in [3.8, 4) is 0 Å². The number of nitrogens with zero attached hydrogens (tertiary/aromatic N) is 1. The molecule has 1 rings (SSSR count). The number of rotatable bonds is 4. The van der Waals surface area contributed by atoms with Crippen molar-refractivity contribution in [3.63, 3.8) is 0 Å². The molecular formula is C11H22N2S2. The van der Waals surface area contributed by atoms with Gasteiger partial charge >= 0.3 is 0 Å². The molecule has 0 fully saturated rings. The lowest BCUT2D eigenvalue weighted by Gasteiger charge is -2.27. The van der Waals surface area contributed by atoms with Gasteiger partial charge in [-0.15, -0.1) is 0 Å². The standard InChI is InChI=1S/C11H22N2S2/c1-9(14-4)5-6-12-10-13-7-11(2,3)8-15-10/h9H,5-8H2,1-4H3,(H,12,13). The van der Waals surface area contributed by atoms with E-state index >= 15 is 0 Å². The Morgan fingerprint density at radius 2 is 2.33 bits per heavy atom. The van der Waals surface area contributed by atoms with E-state index in [-0.39, 0.29) is 0 Å². The Balaban J connectivity index is 2.21. The minimum atomic E-state index is 0.377. The molecule has 88 valence electrons. The Morgan fingerprint density at radius 3 is 2.87 bits per heavy atom. The van der Waals surface area contributed by atoms with E-state index < -0.39 is 0 Å². The first kappa shape index (κ1) is 13.2. The van der Waals surface area contributed by atoms with Crippen molar-refractivity contribution >= 4 is 28.7 Å². The summed E-state index contributed by atoms with van der Waals surface area (Å²) in [7, 11) is 0. The molecule has 2 nitrogen and oxygen atoms in total. The second-order valence-corrected chi connectivity index (χ2v) is 7.08. The van der Waals surface area contributed by atoms with Gasteiger partial charge < -0.3 is 5.32 Å². The van der Waals surface area contributed by atoms with Gasteiger partial charge in [0, 0.05) is 24.1 Å². The fourth-order valence-electron chi connectivity index (χ4n) is 1.25. The average molecular weight is 246 g/mol. The maximum absolute atomic E-state index is 4.57. The van der Waals surface area contributed by atoms with Crippen molar-refractivity contribution < 1.29 is 0 Å². The first-order valence-corrected chi connectivity index (χ1v) is 7.75. The van der Waals surface area contributed by atoms with Gasteiger partial charge in [0.15, 0.2) is 5.17 Å². The average Bonchev–Trinajstić information content (AvgIpc) is 2.20. The molecule has 15 heavy (non-hydrogen) atoms. The third-order valence-corrected chi connectivity index (χ3v) is 4.99. The van der Waals surface area contributed by atoms with Gasteiger partial charge in [-0.2, -0.15) is 11.8 Å². The zero-order valence-corrected chi connectivity index (χ0v) is 11.8. The fraction of sp³-hybridized carbons (Fsp3) is 0.909. The zero-order chi connectivity index (χ0) is 11.3. The summed E-state index contributed by atoms with van der Waals surface area (Å²) in [6, 6.07) is 0. The molecule has 0 aromatic rings. The second kappa shape index (κ2) is 6.04. The van der Waals surface area contributed by atoms with E-state index in [4.69, 9.17) is 0 Å². The van der Waals surface area contributed by atoms with Gasteiger partial charge in [0.2, 0.25) is 0 Å². The van der Waals surface area contributed by atoms with Crippen LogP contribution < -0.4 is 5.32 Å². The summed E-state index contributed by atoms with van der Waals surface area (Å²) in [4.78, 5) is 4.57. The molecule has 1 heterocycles. The highest BCUT2D eigenvalue weighted by Gasteiger charge is 2.22. The van der Waals surface area contributed by atoms with Crippen LogP contribution in [-0.4, -0.2) is 35.5 Å². The molecule has 0 amide bonds. The molecule has 0 aliphatic carbocycles. The molecule has 1 atom stereocenters. The van der Waals surface area contributed by atoms with Crippen molar-refractivity contribution in [2.45, 2.75) is 32.4 Å². The van der Waals surface area contributed by atoms with E-state index in [0.717, 1.165) is 23.5 Å². The largest absolute Gasteiger partial charge is 0.365 e. The van der Waals surface area contributed by atoms with E-state index in [9.17, 15) is 0 Å². The van der Waals surface area contributed by atoms with Crippen LogP contribution in [-0.2, 0) is 0 Å². The van der Waals surface area contributed by atoms with Crippen LogP contribution in [0.15, 0.2) is 4.99 Å². The van der Waals surface area contributed by atoms with Gasteiger partial charge in [-0.1, -0.05) is 32.5 Å². The number of aliphatic imine (C=N–C) groups is 1. The lowest BCUT2D eigenvalue weighted by Crippen LogP contribution is -2.32. The van der Waals surface area contributed by atoms with Crippen LogP contribution in [0.3, 0.4) is 0 Å². The second-order valence-electron chi connectivity index (χ2n) is 4.84. The van der Waals surface area contributed by atoms with Crippen LogP contribution >= 0.6 is 23.5 Å². The zero-order valence-electron chi connectivity index (χ0n) is 10.2. The summed E-state index contributed by atoms with van der Waals surface area (Å²) in [5, 5.41) is 5.30. The topological polar surface area (TPSA) is 24.4 Å². The summed E-state index contributed by atoms with van der Waals surface area (Å²) in [5.41, 5.74) is 0.377. The first-order valence-electron chi connectivity index (χ1n) is 5.47. The highest BCUT2D eigenvalue weighted by molar-refractivity contribution is 8.13. The Morgan fingerprint density at radius 1 is 1.60 bits per heavy atom. The van der Waals surface area contributed by atoms with Gasteiger partial charge in [0.25, 0.3) is 0 Å². The van der Waals surface area contributed by atoms with Crippen LogP contribution in [0, 0.1) is 5.41 Å². The highest BCUT2D eigenvalue weighted by Crippen LogP contribution is 2.26. The molecule has 0 spiro atoms. The third kappa shape index (κ3) is 5.16. The lowest BCUT2D eigenvalue weighted by atomic mass is 9.97.